The Bertz CT molecular complexity index is 1050. The fourth-order valence-electron chi connectivity index (χ4n) is 3.90. The van der Waals surface area contributed by atoms with Gasteiger partial charge >= 0.3 is 0 Å². The molecule has 144 valence electrons. The van der Waals surface area contributed by atoms with Crippen LogP contribution < -0.4 is 10.9 Å². The molecule has 1 fully saturated rings. The SMILES string of the molecule is Cn1c(=O)c(CN(Cc2ccncc2)C[C@@H]2CCC(=O)N2)cc2ccccc21. The van der Waals surface area contributed by atoms with Crippen molar-refractivity contribution in [3.05, 3.63) is 76.3 Å². The van der Waals surface area contributed by atoms with E-state index in [9.17, 15) is 9.59 Å². The molecule has 0 saturated carbocycles. The van der Waals surface area contributed by atoms with Crippen LogP contribution >= 0.6 is 0 Å². The minimum Gasteiger partial charge on any atom is -0.352 e. The number of nitrogens with one attached hydrogen (secondary N) is 1. The lowest BCUT2D eigenvalue weighted by Gasteiger charge is -2.26. The average molecular weight is 376 g/mol. The van der Waals surface area contributed by atoms with E-state index in [4.69, 9.17) is 0 Å². The number of amides is 1. The van der Waals surface area contributed by atoms with Crippen molar-refractivity contribution in [3.63, 3.8) is 0 Å². The van der Waals surface area contributed by atoms with Crippen LogP contribution in [0.1, 0.15) is 24.0 Å². The maximum absolute atomic E-state index is 12.9. The first-order valence-corrected chi connectivity index (χ1v) is 9.58. The van der Waals surface area contributed by atoms with Crippen LogP contribution in [-0.4, -0.2) is 32.9 Å². The lowest BCUT2D eigenvalue weighted by molar-refractivity contribution is -0.119. The molecule has 3 heterocycles. The normalized spacial score (nSPS) is 16.6. The number of nitrogens with zero attached hydrogens (tertiary/aromatic N) is 3. The molecule has 0 spiro atoms. The Kier molecular flexibility index (Phi) is 5.21. The Morgan fingerprint density at radius 1 is 1.14 bits per heavy atom. The first-order chi connectivity index (χ1) is 13.6. The number of hydrogen-bond acceptors (Lipinski definition) is 4. The van der Waals surface area contributed by atoms with Crippen LogP contribution in [0.15, 0.2) is 59.7 Å². The number of fused-ring (bicyclic) bond motifs is 1. The molecule has 1 N–H and O–H groups in total. The van der Waals surface area contributed by atoms with Gasteiger partial charge in [0, 0.05) is 57.1 Å². The lowest BCUT2D eigenvalue weighted by Crippen LogP contribution is -2.39. The van der Waals surface area contributed by atoms with Gasteiger partial charge in [-0.2, -0.15) is 0 Å². The zero-order valence-corrected chi connectivity index (χ0v) is 16.0. The summed E-state index contributed by atoms with van der Waals surface area (Å²) < 4.78 is 1.71. The van der Waals surface area contributed by atoms with E-state index < -0.39 is 0 Å². The quantitative estimate of drug-likeness (QED) is 0.716. The lowest BCUT2D eigenvalue weighted by atomic mass is 10.1. The average Bonchev–Trinajstić information content (AvgIpc) is 3.11. The number of aromatic nitrogens is 2. The van der Waals surface area contributed by atoms with Crippen molar-refractivity contribution >= 4 is 16.8 Å². The second-order valence-electron chi connectivity index (χ2n) is 7.42. The van der Waals surface area contributed by atoms with Gasteiger partial charge < -0.3 is 9.88 Å². The van der Waals surface area contributed by atoms with E-state index in [-0.39, 0.29) is 17.5 Å². The van der Waals surface area contributed by atoms with Gasteiger partial charge in [-0.15, -0.1) is 0 Å². The smallest absolute Gasteiger partial charge is 0.255 e. The number of pyridine rings is 2. The molecule has 1 aliphatic heterocycles. The Balaban J connectivity index is 1.63. The molecular formula is C22H24N4O2. The van der Waals surface area contributed by atoms with Gasteiger partial charge in [0.2, 0.25) is 5.91 Å². The fraction of sp³-hybridized carbons (Fsp3) is 0.318. The number of carbonyl (C=O) groups is 1. The summed E-state index contributed by atoms with van der Waals surface area (Å²) in [5.74, 6) is 0.107. The summed E-state index contributed by atoms with van der Waals surface area (Å²) in [6.07, 6.45) is 4.97. The van der Waals surface area contributed by atoms with Gasteiger partial charge in [0.25, 0.3) is 5.56 Å². The van der Waals surface area contributed by atoms with Crippen molar-refractivity contribution in [2.45, 2.75) is 32.0 Å². The van der Waals surface area contributed by atoms with Gasteiger partial charge in [-0.05, 0) is 41.6 Å². The molecule has 0 radical (unpaired) electrons. The van der Waals surface area contributed by atoms with Crippen molar-refractivity contribution in [3.8, 4) is 0 Å². The van der Waals surface area contributed by atoms with Crippen molar-refractivity contribution in [2.24, 2.45) is 7.05 Å². The minimum absolute atomic E-state index is 0.0221. The molecule has 1 atom stereocenters. The third-order valence-electron chi connectivity index (χ3n) is 5.32. The molecule has 0 bridgehead atoms. The standard InChI is InChI=1S/C22H24N4O2/c1-25-20-5-3-2-4-17(20)12-18(22(25)28)14-26(13-16-8-10-23-11-9-16)15-19-6-7-21(27)24-19/h2-5,8-12,19H,6-7,13-15H2,1H3,(H,24,27)/t19-/m0/s1. The first kappa shape index (κ1) is 18.4. The predicted molar refractivity (Wildman–Crippen MR) is 109 cm³/mol. The number of carbonyl (C=O) groups excluding carboxylic acids is 1. The van der Waals surface area contributed by atoms with Crippen LogP contribution in [0.2, 0.25) is 0 Å². The van der Waals surface area contributed by atoms with E-state index in [0.717, 1.165) is 28.5 Å². The largest absolute Gasteiger partial charge is 0.352 e. The third-order valence-corrected chi connectivity index (χ3v) is 5.32. The summed E-state index contributed by atoms with van der Waals surface area (Å²) in [4.78, 5) is 30.8. The highest BCUT2D eigenvalue weighted by Crippen LogP contribution is 2.16. The Morgan fingerprint density at radius 3 is 2.68 bits per heavy atom. The highest BCUT2D eigenvalue weighted by Gasteiger charge is 2.24. The van der Waals surface area contributed by atoms with Crippen molar-refractivity contribution < 1.29 is 4.79 Å². The van der Waals surface area contributed by atoms with E-state index in [2.05, 4.69) is 15.2 Å². The van der Waals surface area contributed by atoms with Gasteiger partial charge in [0.15, 0.2) is 0 Å². The summed E-state index contributed by atoms with van der Waals surface area (Å²) in [6.45, 7) is 1.95. The van der Waals surface area contributed by atoms with Gasteiger partial charge in [-0.25, -0.2) is 0 Å². The number of aryl methyl sites for hydroxylation is 1. The second-order valence-corrected chi connectivity index (χ2v) is 7.42. The Labute approximate surface area is 163 Å². The van der Waals surface area contributed by atoms with Crippen LogP contribution in [0.5, 0.6) is 0 Å². The first-order valence-electron chi connectivity index (χ1n) is 9.58. The molecule has 2 aromatic heterocycles. The Hall–Kier alpha value is -2.99. The summed E-state index contributed by atoms with van der Waals surface area (Å²) >= 11 is 0. The topological polar surface area (TPSA) is 67.2 Å². The molecule has 6 heteroatoms. The molecule has 1 aliphatic rings. The third kappa shape index (κ3) is 3.97. The summed E-state index contributed by atoms with van der Waals surface area (Å²) in [5, 5.41) is 4.09. The van der Waals surface area contributed by atoms with Crippen LogP contribution in [-0.2, 0) is 24.9 Å². The maximum Gasteiger partial charge on any atom is 0.255 e. The van der Waals surface area contributed by atoms with E-state index >= 15 is 0 Å². The van der Waals surface area contributed by atoms with Gasteiger partial charge in [0.05, 0.1) is 5.52 Å². The van der Waals surface area contributed by atoms with Gasteiger partial charge in [-0.1, -0.05) is 18.2 Å². The van der Waals surface area contributed by atoms with Gasteiger partial charge in [0.1, 0.15) is 0 Å². The molecule has 1 amide bonds. The number of rotatable bonds is 6. The molecule has 0 aliphatic carbocycles. The van der Waals surface area contributed by atoms with Crippen LogP contribution in [0.3, 0.4) is 0 Å². The van der Waals surface area contributed by atoms with Crippen molar-refractivity contribution in [1.82, 2.24) is 19.8 Å². The summed E-state index contributed by atoms with van der Waals surface area (Å²) in [7, 11) is 1.82. The maximum atomic E-state index is 12.9. The van der Waals surface area contributed by atoms with Crippen LogP contribution in [0.25, 0.3) is 10.9 Å². The molecule has 6 nitrogen and oxygen atoms in total. The van der Waals surface area contributed by atoms with E-state index in [1.807, 2.05) is 49.5 Å². The minimum atomic E-state index is 0.0221. The van der Waals surface area contributed by atoms with E-state index in [0.29, 0.717) is 26.1 Å². The van der Waals surface area contributed by atoms with Crippen LogP contribution in [0, 0.1) is 0 Å². The van der Waals surface area contributed by atoms with E-state index in [1.165, 1.54) is 0 Å². The van der Waals surface area contributed by atoms with E-state index in [1.54, 1.807) is 17.0 Å². The number of para-hydroxylation sites is 1. The predicted octanol–water partition coefficient (Wildman–Crippen LogP) is 2.21. The summed E-state index contributed by atoms with van der Waals surface area (Å²) in [6, 6.07) is 14.0. The highest BCUT2D eigenvalue weighted by atomic mass is 16.2. The summed E-state index contributed by atoms with van der Waals surface area (Å²) in [5.41, 5.74) is 2.85. The number of benzene rings is 1. The molecule has 0 unspecified atom stereocenters. The van der Waals surface area contributed by atoms with Crippen LogP contribution in [0.4, 0.5) is 0 Å². The molecule has 28 heavy (non-hydrogen) atoms. The highest BCUT2D eigenvalue weighted by molar-refractivity contribution is 5.79. The molecule has 4 rings (SSSR count). The fourth-order valence-corrected chi connectivity index (χ4v) is 3.90. The van der Waals surface area contributed by atoms with Crippen molar-refractivity contribution in [1.29, 1.82) is 0 Å². The molecular weight excluding hydrogens is 352 g/mol. The zero-order chi connectivity index (χ0) is 19.5. The zero-order valence-electron chi connectivity index (χ0n) is 16.0. The van der Waals surface area contributed by atoms with Crippen molar-refractivity contribution in [2.75, 3.05) is 6.54 Å². The number of hydrogen-bond donors (Lipinski definition) is 1. The second kappa shape index (κ2) is 7.94. The van der Waals surface area contributed by atoms with Gasteiger partial charge in [-0.3, -0.25) is 19.5 Å². The monoisotopic (exact) mass is 376 g/mol. The molecule has 1 aromatic carbocycles. The molecule has 3 aromatic rings. The Morgan fingerprint density at radius 2 is 1.93 bits per heavy atom. The molecule has 1 saturated heterocycles.